The third kappa shape index (κ3) is 2.35. The first-order chi connectivity index (χ1) is 13.1. The number of aromatic nitrogens is 4. The van der Waals surface area contributed by atoms with E-state index in [0.29, 0.717) is 17.8 Å². The first-order valence-electron chi connectivity index (χ1n) is 9.15. The number of halogens is 1. The molecule has 5 rings (SSSR count). The average Bonchev–Trinajstić information content (AvgIpc) is 3.23. The van der Waals surface area contributed by atoms with Gasteiger partial charge >= 0.3 is 0 Å². The Morgan fingerprint density at radius 3 is 2.96 bits per heavy atom. The highest BCUT2D eigenvalue weighted by atomic mass is 19.1. The Morgan fingerprint density at radius 2 is 2.15 bits per heavy atom. The Balaban J connectivity index is 1.62. The van der Waals surface area contributed by atoms with Crippen molar-refractivity contribution in [2.75, 3.05) is 25.0 Å². The highest BCUT2D eigenvalue weighted by Crippen LogP contribution is 2.34. The summed E-state index contributed by atoms with van der Waals surface area (Å²) in [4.78, 5) is 4.49. The van der Waals surface area contributed by atoms with Crippen LogP contribution in [0.4, 0.5) is 10.1 Å². The molecular weight excluding hydrogens is 345 g/mol. The lowest BCUT2D eigenvalue weighted by atomic mass is 10.0. The first kappa shape index (κ1) is 16.3. The third-order valence-electron chi connectivity index (χ3n) is 5.65. The van der Waals surface area contributed by atoms with Gasteiger partial charge in [0.15, 0.2) is 5.82 Å². The maximum atomic E-state index is 14.5. The summed E-state index contributed by atoms with van der Waals surface area (Å²) in [5.74, 6) is -0.407. The molecule has 0 radical (unpaired) electrons. The molecule has 0 saturated carbocycles. The van der Waals surface area contributed by atoms with Crippen LogP contribution < -0.4 is 4.90 Å². The van der Waals surface area contributed by atoms with E-state index in [-0.39, 0.29) is 6.04 Å². The van der Waals surface area contributed by atoms with Crippen molar-refractivity contribution in [2.24, 2.45) is 0 Å². The molecule has 2 aliphatic heterocycles. The summed E-state index contributed by atoms with van der Waals surface area (Å²) >= 11 is 0. The van der Waals surface area contributed by atoms with Crippen molar-refractivity contribution >= 4 is 11.2 Å². The van der Waals surface area contributed by atoms with Crippen LogP contribution in [-0.2, 0) is 19.5 Å². The molecule has 0 spiro atoms. The van der Waals surface area contributed by atoms with Crippen molar-refractivity contribution in [1.82, 2.24) is 24.3 Å². The monoisotopic (exact) mass is 365 g/mol. The fourth-order valence-electron chi connectivity index (χ4n) is 4.33. The lowest BCUT2D eigenvalue weighted by Crippen LogP contribution is -2.37. The van der Waals surface area contributed by atoms with Crippen molar-refractivity contribution in [2.45, 2.75) is 32.5 Å². The van der Waals surface area contributed by atoms with Gasteiger partial charge in [-0.3, -0.25) is 4.68 Å². The van der Waals surface area contributed by atoms with Gasteiger partial charge in [-0.2, -0.15) is 15.5 Å². The normalized spacial score (nSPS) is 19.8. The van der Waals surface area contributed by atoms with Crippen LogP contribution in [0, 0.1) is 17.1 Å². The average molecular weight is 365 g/mol. The molecule has 3 aromatic heterocycles. The molecule has 0 amide bonds. The number of nitrogens with zero attached hydrogens (tertiary/aromatic N) is 7. The van der Waals surface area contributed by atoms with E-state index in [1.54, 1.807) is 6.07 Å². The van der Waals surface area contributed by atoms with E-state index in [4.69, 9.17) is 5.10 Å². The van der Waals surface area contributed by atoms with Crippen molar-refractivity contribution in [3.63, 3.8) is 0 Å². The van der Waals surface area contributed by atoms with E-state index in [2.05, 4.69) is 39.6 Å². The van der Waals surface area contributed by atoms with Gasteiger partial charge in [0.25, 0.3) is 0 Å². The fourth-order valence-corrected chi connectivity index (χ4v) is 4.33. The molecule has 1 atom stereocenters. The van der Waals surface area contributed by atoms with Gasteiger partial charge in [0, 0.05) is 31.6 Å². The summed E-state index contributed by atoms with van der Waals surface area (Å²) in [7, 11) is 2.13. The molecule has 8 heteroatoms. The highest BCUT2D eigenvalue weighted by molar-refractivity contribution is 5.75. The molecule has 3 aromatic rings. The predicted octanol–water partition coefficient (Wildman–Crippen LogP) is 2.11. The molecule has 0 unspecified atom stereocenters. The summed E-state index contributed by atoms with van der Waals surface area (Å²) in [5.41, 5.74) is 5.15. The zero-order valence-corrected chi connectivity index (χ0v) is 15.4. The number of nitriles is 1. The van der Waals surface area contributed by atoms with Gasteiger partial charge in [-0.05, 0) is 26.1 Å². The maximum absolute atomic E-state index is 14.5. The number of anilines is 1. The Bertz CT molecular complexity index is 1090. The van der Waals surface area contributed by atoms with Gasteiger partial charge in [-0.1, -0.05) is 0 Å². The van der Waals surface area contributed by atoms with Crippen LogP contribution in [0.1, 0.15) is 35.6 Å². The summed E-state index contributed by atoms with van der Waals surface area (Å²) in [6, 6.07) is 5.79. The summed E-state index contributed by atoms with van der Waals surface area (Å²) in [6.45, 7) is 5.47. The van der Waals surface area contributed by atoms with Crippen LogP contribution in [0.15, 0.2) is 18.3 Å². The van der Waals surface area contributed by atoms with E-state index in [1.165, 1.54) is 27.7 Å². The summed E-state index contributed by atoms with van der Waals surface area (Å²) in [5, 5.41) is 18.2. The second kappa shape index (κ2) is 5.79. The molecule has 0 fully saturated rings. The minimum Gasteiger partial charge on any atom is -0.362 e. The Morgan fingerprint density at radius 1 is 1.30 bits per heavy atom. The summed E-state index contributed by atoms with van der Waals surface area (Å²) < 4.78 is 18.0. The molecule has 138 valence electrons. The van der Waals surface area contributed by atoms with Gasteiger partial charge in [0.05, 0.1) is 35.9 Å². The van der Waals surface area contributed by atoms with E-state index in [0.717, 1.165) is 31.7 Å². The van der Waals surface area contributed by atoms with Crippen LogP contribution >= 0.6 is 0 Å². The van der Waals surface area contributed by atoms with Crippen LogP contribution in [0.5, 0.6) is 0 Å². The zero-order chi connectivity index (χ0) is 18.7. The lowest BCUT2D eigenvalue weighted by molar-refractivity contribution is 0.310. The van der Waals surface area contributed by atoms with Crippen molar-refractivity contribution in [3.8, 4) is 6.07 Å². The topological polar surface area (TPSA) is 65.4 Å². The molecule has 0 saturated heterocycles. The fraction of sp³-hybridized carbons (Fsp3) is 0.421. The smallest absolute Gasteiger partial charge is 0.171 e. The van der Waals surface area contributed by atoms with Gasteiger partial charge in [-0.25, -0.2) is 8.91 Å². The molecule has 0 N–H and O–H groups in total. The van der Waals surface area contributed by atoms with Gasteiger partial charge in [0.2, 0.25) is 0 Å². The van der Waals surface area contributed by atoms with E-state index < -0.39 is 5.82 Å². The largest absolute Gasteiger partial charge is 0.362 e. The predicted molar refractivity (Wildman–Crippen MR) is 97.9 cm³/mol. The minimum atomic E-state index is -0.407. The highest BCUT2D eigenvalue weighted by Gasteiger charge is 2.31. The van der Waals surface area contributed by atoms with E-state index in [1.807, 2.05) is 6.07 Å². The molecule has 7 nitrogen and oxygen atoms in total. The Labute approximate surface area is 156 Å². The number of fused-ring (bicyclic) bond motifs is 4. The Kier molecular flexibility index (Phi) is 3.49. The van der Waals surface area contributed by atoms with Crippen LogP contribution in [0.2, 0.25) is 0 Å². The van der Waals surface area contributed by atoms with Gasteiger partial charge < -0.3 is 9.80 Å². The van der Waals surface area contributed by atoms with Crippen molar-refractivity contribution in [3.05, 3.63) is 46.8 Å². The van der Waals surface area contributed by atoms with Crippen LogP contribution in [0.3, 0.4) is 0 Å². The molecule has 2 aliphatic rings. The van der Waals surface area contributed by atoms with Crippen LogP contribution in [-0.4, -0.2) is 44.4 Å². The standard InChI is InChI=1S/C19H20FN7/c1-12-9-25(11-18-14-10-24(2)6-5-16(14)23-26(12)18)17-4-3-13(7-21)27-19(17)15(20)8-22-27/h3-4,8,12H,5-6,9-11H2,1-2H3/t12-/m1/s1. The Hall–Kier alpha value is -2.92. The third-order valence-corrected chi connectivity index (χ3v) is 5.65. The molecule has 5 heterocycles. The second-order valence-corrected chi connectivity index (χ2v) is 7.50. The van der Waals surface area contributed by atoms with Crippen molar-refractivity contribution < 1.29 is 4.39 Å². The number of hydrogen-bond donors (Lipinski definition) is 0. The SMILES string of the molecule is C[C@@H]1CN(c2ccc(C#N)n3ncc(F)c23)Cc2c3c(nn21)CCN(C)C3. The maximum Gasteiger partial charge on any atom is 0.171 e. The number of pyridine rings is 1. The minimum absolute atomic E-state index is 0.186. The van der Waals surface area contributed by atoms with Gasteiger partial charge in [0.1, 0.15) is 17.3 Å². The molecule has 0 bridgehead atoms. The quantitative estimate of drug-likeness (QED) is 0.661. The van der Waals surface area contributed by atoms with E-state index in [9.17, 15) is 9.65 Å². The van der Waals surface area contributed by atoms with Gasteiger partial charge in [-0.15, -0.1) is 0 Å². The molecule has 0 aliphatic carbocycles. The first-order valence-corrected chi connectivity index (χ1v) is 9.15. The summed E-state index contributed by atoms with van der Waals surface area (Å²) in [6.07, 6.45) is 2.14. The second-order valence-electron chi connectivity index (χ2n) is 7.50. The molecule has 27 heavy (non-hydrogen) atoms. The molecular formula is C19H20FN7. The number of rotatable bonds is 1. The lowest BCUT2D eigenvalue weighted by Gasteiger charge is -2.35. The number of likely N-dealkylation sites (N-methyl/N-ethyl adjacent to an activating group) is 1. The number of hydrogen-bond acceptors (Lipinski definition) is 5. The zero-order valence-electron chi connectivity index (χ0n) is 15.4. The van der Waals surface area contributed by atoms with E-state index >= 15 is 0 Å². The molecule has 0 aromatic carbocycles. The van der Waals surface area contributed by atoms with Crippen LogP contribution in [0.25, 0.3) is 5.52 Å². The van der Waals surface area contributed by atoms with Crippen molar-refractivity contribution in [1.29, 1.82) is 5.26 Å².